The molecule has 1 amide bonds. The first-order valence-electron chi connectivity index (χ1n) is 8.49. The van der Waals surface area contributed by atoms with Crippen LogP contribution in [0.2, 0.25) is 5.02 Å². The minimum atomic E-state index is -0.329. The molecule has 3 rings (SSSR count). The maximum absolute atomic E-state index is 12.3. The van der Waals surface area contributed by atoms with E-state index in [4.69, 9.17) is 16.3 Å². The first kappa shape index (κ1) is 18.7. The Labute approximate surface area is 162 Å². The molecule has 0 saturated carbocycles. The predicted octanol–water partition coefficient (Wildman–Crippen LogP) is 4.39. The fraction of sp³-hybridized carbons (Fsp3) is 0.150. The smallest absolute Gasteiger partial charge is 0.275 e. The van der Waals surface area contributed by atoms with Crippen LogP contribution in [-0.4, -0.2) is 22.5 Å². The fourth-order valence-corrected chi connectivity index (χ4v) is 2.56. The molecule has 7 heteroatoms. The van der Waals surface area contributed by atoms with Crippen LogP contribution in [0.15, 0.2) is 60.9 Å². The highest BCUT2D eigenvalue weighted by molar-refractivity contribution is 6.31. The van der Waals surface area contributed by atoms with Gasteiger partial charge in [-0.05, 0) is 42.8 Å². The van der Waals surface area contributed by atoms with Crippen molar-refractivity contribution in [3.63, 3.8) is 0 Å². The number of carbonyl (C=O) groups is 1. The van der Waals surface area contributed by atoms with Crippen LogP contribution in [0, 0.1) is 0 Å². The Morgan fingerprint density at radius 3 is 2.52 bits per heavy atom. The zero-order valence-corrected chi connectivity index (χ0v) is 15.5. The molecular weight excluding hydrogens is 364 g/mol. The summed E-state index contributed by atoms with van der Waals surface area (Å²) in [6.45, 7) is 3.03. The first-order valence-corrected chi connectivity index (χ1v) is 8.87. The van der Waals surface area contributed by atoms with Gasteiger partial charge in [-0.2, -0.15) is 0 Å². The lowest BCUT2D eigenvalue weighted by molar-refractivity contribution is 0.102. The van der Waals surface area contributed by atoms with Crippen molar-refractivity contribution >= 4 is 29.0 Å². The van der Waals surface area contributed by atoms with E-state index in [1.807, 2.05) is 31.2 Å². The second kappa shape index (κ2) is 9.00. The molecule has 0 aliphatic carbocycles. The maximum Gasteiger partial charge on any atom is 0.275 e. The van der Waals surface area contributed by atoms with E-state index in [9.17, 15) is 4.79 Å². The normalized spacial score (nSPS) is 10.3. The van der Waals surface area contributed by atoms with Gasteiger partial charge in [0, 0.05) is 17.3 Å². The lowest BCUT2D eigenvalue weighted by atomic mass is 10.2. The molecule has 0 saturated heterocycles. The molecule has 0 spiro atoms. The molecule has 6 nitrogen and oxygen atoms in total. The maximum atomic E-state index is 12.3. The average molecular weight is 383 g/mol. The van der Waals surface area contributed by atoms with Crippen LogP contribution in [0.1, 0.15) is 23.0 Å². The van der Waals surface area contributed by atoms with Crippen LogP contribution in [0.25, 0.3) is 0 Å². The average Bonchev–Trinajstić information content (AvgIpc) is 2.69. The largest absolute Gasteiger partial charge is 0.494 e. The molecule has 3 aromatic rings. The zero-order chi connectivity index (χ0) is 19.1. The third kappa shape index (κ3) is 5.18. The molecule has 0 unspecified atom stereocenters. The van der Waals surface area contributed by atoms with Gasteiger partial charge in [-0.3, -0.25) is 4.79 Å². The minimum absolute atomic E-state index is 0.229. The molecule has 1 aromatic heterocycles. The fourth-order valence-electron chi connectivity index (χ4n) is 2.36. The van der Waals surface area contributed by atoms with Crippen LogP contribution in [0.3, 0.4) is 0 Å². The van der Waals surface area contributed by atoms with Gasteiger partial charge in [0.15, 0.2) is 0 Å². The number of nitrogens with zero attached hydrogens (tertiary/aromatic N) is 2. The van der Waals surface area contributed by atoms with E-state index >= 15 is 0 Å². The van der Waals surface area contributed by atoms with Crippen molar-refractivity contribution in [3.05, 3.63) is 77.2 Å². The third-order valence-corrected chi connectivity index (χ3v) is 4.09. The van der Waals surface area contributed by atoms with Gasteiger partial charge < -0.3 is 15.4 Å². The van der Waals surface area contributed by atoms with Gasteiger partial charge in [-0.25, -0.2) is 9.97 Å². The SMILES string of the molecule is CCOc1ccc(NC(=O)c2cnc(NCc3ccccc3Cl)cn2)cc1. The van der Waals surface area contributed by atoms with E-state index in [0.29, 0.717) is 29.7 Å². The van der Waals surface area contributed by atoms with Crippen LogP contribution in [0.5, 0.6) is 5.75 Å². The van der Waals surface area contributed by atoms with Crippen molar-refractivity contribution in [3.8, 4) is 5.75 Å². The molecule has 0 fully saturated rings. The van der Waals surface area contributed by atoms with Gasteiger partial charge >= 0.3 is 0 Å². The Morgan fingerprint density at radius 2 is 1.85 bits per heavy atom. The van der Waals surface area contributed by atoms with Crippen molar-refractivity contribution < 1.29 is 9.53 Å². The molecule has 1 heterocycles. The van der Waals surface area contributed by atoms with Gasteiger partial charge in [0.05, 0.1) is 19.0 Å². The van der Waals surface area contributed by atoms with Crippen molar-refractivity contribution in [1.29, 1.82) is 0 Å². The number of ether oxygens (including phenoxy) is 1. The molecule has 0 aliphatic rings. The minimum Gasteiger partial charge on any atom is -0.494 e. The topological polar surface area (TPSA) is 76.1 Å². The highest BCUT2D eigenvalue weighted by Crippen LogP contribution is 2.17. The second-order valence-corrected chi connectivity index (χ2v) is 6.05. The lowest BCUT2D eigenvalue weighted by Crippen LogP contribution is -2.14. The standard InChI is InChI=1S/C20H19ClN4O2/c1-2-27-16-9-7-15(8-10-16)25-20(26)18-12-24-19(13-22-18)23-11-14-5-3-4-6-17(14)21/h3-10,12-13H,2,11H2,1H3,(H,23,24)(H,25,26). The number of halogens is 1. The third-order valence-electron chi connectivity index (χ3n) is 3.73. The highest BCUT2D eigenvalue weighted by atomic mass is 35.5. The Morgan fingerprint density at radius 1 is 1.07 bits per heavy atom. The van der Waals surface area contributed by atoms with Crippen LogP contribution >= 0.6 is 11.6 Å². The summed E-state index contributed by atoms with van der Waals surface area (Å²) in [7, 11) is 0. The molecule has 0 atom stereocenters. The molecule has 0 radical (unpaired) electrons. The predicted molar refractivity (Wildman–Crippen MR) is 106 cm³/mol. The van der Waals surface area contributed by atoms with Gasteiger partial charge in [0.25, 0.3) is 5.91 Å². The summed E-state index contributed by atoms with van der Waals surface area (Å²) in [6, 6.07) is 14.7. The van der Waals surface area contributed by atoms with Crippen molar-refractivity contribution in [2.45, 2.75) is 13.5 Å². The number of amides is 1. The van der Waals surface area contributed by atoms with Crippen molar-refractivity contribution in [2.75, 3.05) is 17.2 Å². The van der Waals surface area contributed by atoms with Gasteiger partial charge in [-0.1, -0.05) is 29.8 Å². The van der Waals surface area contributed by atoms with E-state index in [0.717, 1.165) is 11.3 Å². The number of hydrogen-bond donors (Lipinski definition) is 2. The van der Waals surface area contributed by atoms with Crippen LogP contribution < -0.4 is 15.4 Å². The zero-order valence-electron chi connectivity index (χ0n) is 14.8. The number of aromatic nitrogens is 2. The monoisotopic (exact) mass is 382 g/mol. The Hall–Kier alpha value is -3.12. The Kier molecular flexibility index (Phi) is 6.22. The summed E-state index contributed by atoms with van der Waals surface area (Å²) >= 11 is 6.12. The summed E-state index contributed by atoms with van der Waals surface area (Å²) in [5, 5.41) is 6.59. The summed E-state index contributed by atoms with van der Waals surface area (Å²) in [5.74, 6) is 0.987. The molecule has 138 valence electrons. The molecular formula is C20H19ClN4O2. The lowest BCUT2D eigenvalue weighted by Gasteiger charge is -2.08. The van der Waals surface area contributed by atoms with Gasteiger partial charge in [0.2, 0.25) is 0 Å². The molecule has 0 bridgehead atoms. The number of hydrogen-bond acceptors (Lipinski definition) is 5. The van der Waals surface area contributed by atoms with E-state index in [1.54, 1.807) is 24.3 Å². The number of benzene rings is 2. The number of anilines is 2. The summed E-state index contributed by atoms with van der Waals surface area (Å²) in [5.41, 5.74) is 1.84. The van der Waals surface area contributed by atoms with E-state index in [-0.39, 0.29) is 11.6 Å². The number of nitrogens with one attached hydrogen (secondary N) is 2. The van der Waals surface area contributed by atoms with Crippen LogP contribution in [-0.2, 0) is 6.54 Å². The number of carbonyl (C=O) groups excluding carboxylic acids is 1. The molecule has 2 aromatic carbocycles. The summed E-state index contributed by atoms with van der Waals surface area (Å²) in [6.07, 6.45) is 2.95. The first-order chi connectivity index (χ1) is 13.2. The Bertz CT molecular complexity index is 899. The quantitative estimate of drug-likeness (QED) is 0.633. The molecule has 0 aliphatic heterocycles. The van der Waals surface area contributed by atoms with Crippen LogP contribution in [0.4, 0.5) is 11.5 Å². The van der Waals surface area contributed by atoms with Gasteiger partial charge in [0.1, 0.15) is 17.3 Å². The van der Waals surface area contributed by atoms with Crippen molar-refractivity contribution in [1.82, 2.24) is 9.97 Å². The van der Waals surface area contributed by atoms with E-state index in [1.165, 1.54) is 12.4 Å². The Balaban J connectivity index is 1.57. The van der Waals surface area contributed by atoms with Gasteiger partial charge in [-0.15, -0.1) is 0 Å². The van der Waals surface area contributed by atoms with Crippen molar-refractivity contribution in [2.24, 2.45) is 0 Å². The summed E-state index contributed by atoms with van der Waals surface area (Å²) in [4.78, 5) is 20.7. The molecule has 2 N–H and O–H groups in total. The highest BCUT2D eigenvalue weighted by Gasteiger charge is 2.09. The molecule has 27 heavy (non-hydrogen) atoms. The number of rotatable bonds is 7. The van der Waals surface area contributed by atoms with E-state index < -0.39 is 0 Å². The summed E-state index contributed by atoms with van der Waals surface area (Å²) < 4.78 is 5.38. The second-order valence-electron chi connectivity index (χ2n) is 5.64. The van der Waals surface area contributed by atoms with E-state index in [2.05, 4.69) is 20.6 Å².